The zero-order valence-electron chi connectivity index (χ0n) is 11.0. The number of rotatable bonds is 7. The van der Waals surface area contributed by atoms with E-state index in [4.69, 9.17) is 4.74 Å². The van der Waals surface area contributed by atoms with Gasteiger partial charge < -0.3 is 10.1 Å². The molecule has 1 aliphatic heterocycles. The molecular formula is C12H22N4O2. The van der Waals surface area contributed by atoms with Crippen molar-refractivity contribution in [3.05, 3.63) is 16.3 Å². The fourth-order valence-electron chi connectivity index (χ4n) is 2.19. The Bertz CT molecular complexity index is 424. The Morgan fingerprint density at radius 1 is 1.39 bits per heavy atom. The molecule has 0 fully saturated rings. The molecule has 6 heteroatoms. The van der Waals surface area contributed by atoms with Crippen LogP contribution >= 0.6 is 0 Å². The van der Waals surface area contributed by atoms with E-state index in [2.05, 4.69) is 10.4 Å². The number of nitrogens with one attached hydrogen (secondary N) is 1. The molecule has 0 amide bonds. The molecule has 1 aliphatic rings. The highest BCUT2D eigenvalue weighted by Gasteiger charge is 2.15. The zero-order chi connectivity index (χ0) is 12.8. The van der Waals surface area contributed by atoms with Crippen molar-refractivity contribution in [3.8, 4) is 0 Å². The number of nitrogens with zero attached hydrogens (tertiary/aromatic N) is 3. The molecule has 18 heavy (non-hydrogen) atoms. The quantitative estimate of drug-likeness (QED) is 0.696. The van der Waals surface area contributed by atoms with Gasteiger partial charge in [0.05, 0.1) is 13.2 Å². The average Bonchev–Trinajstić information content (AvgIpc) is 2.71. The zero-order valence-corrected chi connectivity index (χ0v) is 11.0. The smallest absolute Gasteiger partial charge is 0.345 e. The minimum atomic E-state index is 0.0382. The van der Waals surface area contributed by atoms with Gasteiger partial charge in [0.1, 0.15) is 5.82 Å². The lowest BCUT2D eigenvalue weighted by Gasteiger charge is -2.09. The lowest BCUT2D eigenvalue weighted by atomic mass is 10.2. The number of hydrogen-bond donors (Lipinski definition) is 1. The summed E-state index contributed by atoms with van der Waals surface area (Å²) < 4.78 is 8.61. The van der Waals surface area contributed by atoms with E-state index in [0.717, 1.165) is 51.3 Å². The van der Waals surface area contributed by atoms with Gasteiger partial charge in [0, 0.05) is 32.7 Å². The van der Waals surface area contributed by atoms with Crippen LogP contribution in [0.1, 0.15) is 25.6 Å². The summed E-state index contributed by atoms with van der Waals surface area (Å²) in [5, 5.41) is 7.62. The van der Waals surface area contributed by atoms with Crippen LogP contribution in [0.5, 0.6) is 0 Å². The van der Waals surface area contributed by atoms with E-state index in [1.807, 2.05) is 11.5 Å². The van der Waals surface area contributed by atoms with E-state index in [1.165, 1.54) is 0 Å². The van der Waals surface area contributed by atoms with Crippen molar-refractivity contribution in [1.82, 2.24) is 19.7 Å². The Kier molecular flexibility index (Phi) is 4.95. The first-order valence-electron chi connectivity index (χ1n) is 6.78. The van der Waals surface area contributed by atoms with Crippen LogP contribution in [-0.2, 0) is 24.2 Å². The third-order valence-electron chi connectivity index (χ3n) is 3.16. The van der Waals surface area contributed by atoms with Crippen LogP contribution in [0.2, 0.25) is 0 Å². The Hall–Kier alpha value is -1.14. The molecular weight excluding hydrogens is 232 g/mol. The lowest BCUT2D eigenvalue weighted by Crippen LogP contribution is -2.31. The van der Waals surface area contributed by atoms with Crippen LogP contribution in [0.25, 0.3) is 0 Å². The van der Waals surface area contributed by atoms with E-state index < -0.39 is 0 Å². The van der Waals surface area contributed by atoms with Crippen molar-refractivity contribution in [2.75, 3.05) is 26.3 Å². The third-order valence-corrected chi connectivity index (χ3v) is 3.16. The summed E-state index contributed by atoms with van der Waals surface area (Å²) in [6.45, 7) is 6.46. The van der Waals surface area contributed by atoms with Gasteiger partial charge in [-0.15, -0.1) is 0 Å². The Labute approximate surface area is 107 Å². The minimum absolute atomic E-state index is 0.0382. The maximum absolute atomic E-state index is 12.0. The van der Waals surface area contributed by atoms with Crippen LogP contribution in [0.15, 0.2) is 4.79 Å². The van der Waals surface area contributed by atoms with E-state index in [9.17, 15) is 4.79 Å². The fourth-order valence-corrected chi connectivity index (χ4v) is 2.19. The molecule has 0 saturated carbocycles. The topological polar surface area (TPSA) is 61.1 Å². The van der Waals surface area contributed by atoms with Gasteiger partial charge in [-0.2, -0.15) is 5.10 Å². The van der Waals surface area contributed by atoms with Crippen LogP contribution in [0, 0.1) is 0 Å². The van der Waals surface area contributed by atoms with Gasteiger partial charge in [-0.3, -0.25) is 4.57 Å². The van der Waals surface area contributed by atoms with Gasteiger partial charge in [0.25, 0.3) is 0 Å². The van der Waals surface area contributed by atoms with Gasteiger partial charge in [-0.1, -0.05) is 0 Å². The summed E-state index contributed by atoms with van der Waals surface area (Å²) in [5.41, 5.74) is 0.0382. The van der Waals surface area contributed by atoms with E-state index in [1.54, 1.807) is 4.68 Å². The predicted octanol–water partition coefficient (Wildman–Crippen LogP) is 0.00720. The molecule has 102 valence electrons. The highest BCUT2D eigenvalue weighted by Crippen LogP contribution is 2.08. The number of hydrogen-bond acceptors (Lipinski definition) is 4. The van der Waals surface area contributed by atoms with Crippen molar-refractivity contribution in [1.29, 1.82) is 0 Å². The van der Waals surface area contributed by atoms with Gasteiger partial charge in [0.15, 0.2) is 0 Å². The molecule has 0 aromatic carbocycles. The summed E-state index contributed by atoms with van der Waals surface area (Å²) in [4.78, 5) is 12.0. The fraction of sp³-hybridized carbons (Fsp3) is 0.833. The normalized spacial score (nSPS) is 14.7. The molecule has 6 nitrogen and oxygen atoms in total. The van der Waals surface area contributed by atoms with E-state index in [-0.39, 0.29) is 5.69 Å². The van der Waals surface area contributed by atoms with Crippen LogP contribution in [0.3, 0.4) is 0 Å². The number of aromatic nitrogens is 3. The highest BCUT2D eigenvalue weighted by molar-refractivity contribution is 4.91. The SMILES string of the molecule is CCOCCNCCn1nc2n(c1=O)CCCC2. The molecule has 0 radical (unpaired) electrons. The second-order valence-electron chi connectivity index (χ2n) is 4.48. The molecule has 0 aliphatic carbocycles. The van der Waals surface area contributed by atoms with Crippen molar-refractivity contribution in [2.45, 2.75) is 39.3 Å². The van der Waals surface area contributed by atoms with Gasteiger partial charge >= 0.3 is 5.69 Å². The number of fused-ring (bicyclic) bond motifs is 1. The second-order valence-corrected chi connectivity index (χ2v) is 4.48. The second kappa shape index (κ2) is 6.70. The standard InChI is InChI=1S/C12H22N4O2/c1-2-18-10-7-13-6-9-16-12(17)15-8-4-3-5-11(15)14-16/h13H,2-10H2,1H3. The van der Waals surface area contributed by atoms with Gasteiger partial charge in [-0.05, 0) is 19.8 Å². The number of aryl methyl sites for hydroxylation is 1. The lowest BCUT2D eigenvalue weighted by molar-refractivity contribution is 0.149. The molecule has 0 atom stereocenters. The number of ether oxygens (including phenoxy) is 1. The summed E-state index contributed by atoms with van der Waals surface area (Å²) in [5.74, 6) is 0.945. The van der Waals surface area contributed by atoms with Gasteiger partial charge in [-0.25, -0.2) is 9.48 Å². The molecule has 0 unspecified atom stereocenters. The molecule has 0 bridgehead atoms. The van der Waals surface area contributed by atoms with E-state index in [0.29, 0.717) is 13.2 Å². The maximum Gasteiger partial charge on any atom is 0.345 e. The first-order valence-corrected chi connectivity index (χ1v) is 6.78. The Morgan fingerprint density at radius 2 is 2.28 bits per heavy atom. The van der Waals surface area contributed by atoms with Crippen molar-refractivity contribution >= 4 is 0 Å². The van der Waals surface area contributed by atoms with Gasteiger partial charge in [0.2, 0.25) is 0 Å². The monoisotopic (exact) mass is 254 g/mol. The highest BCUT2D eigenvalue weighted by atomic mass is 16.5. The molecule has 1 aromatic heterocycles. The molecule has 0 spiro atoms. The summed E-state index contributed by atoms with van der Waals surface area (Å²) >= 11 is 0. The van der Waals surface area contributed by atoms with Crippen molar-refractivity contribution in [3.63, 3.8) is 0 Å². The molecule has 1 aromatic rings. The van der Waals surface area contributed by atoms with Crippen LogP contribution < -0.4 is 11.0 Å². The van der Waals surface area contributed by atoms with Crippen molar-refractivity contribution in [2.24, 2.45) is 0 Å². The minimum Gasteiger partial charge on any atom is -0.380 e. The summed E-state index contributed by atoms with van der Waals surface area (Å²) in [6.07, 6.45) is 3.16. The average molecular weight is 254 g/mol. The molecule has 2 heterocycles. The first-order chi connectivity index (χ1) is 8.83. The largest absolute Gasteiger partial charge is 0.380 e. The Balaban J connectivity index is 1.79. The van der Waals surface area contributed by atoms with Crippen LogP contribution in [-0.4, -0.2) is 40.7 Å². The van der Waals surface area contributed by atoms with Crippen molar-refractivity contribution < 1.29 is 4.74 Å². The predicted molar refractivity (Wildman–Crippen MR) is 68.8 cm³/mol. The Morgan fingerprint density at radius 3 is 3.06 bits per heavy atom. The van der Waals surface area contributed by atoms with E-state index >= 15 is 0 Å². The first kappa shape index (κ1) is 13.3. The molecule has 0 saturated heterocycles. The summed E-state index contributed by atoms with van der Waals surface area (Å²) in [6, 6.07) is 0. The third kappa shape index (κ3) is 3.20. The molecule has 1 N–H and O–H groups in total. The summed E-state index contributed by atoms with van der Waals surface area (Å²) in [7, 11) is 0. The van der Waals surface area contributed by atoms with Crippen LogP contribution in [0.4, 0.5) is 0 Å². The molecule has 2 rings (SSSR count). The maximum atomic E-state index is 12.0.